The number of nitriles is 2. The van der Waals surface area contributed by atoms with E-state index in [1.54, 1.807) is 0 Å². The highest BCUT2D eigenvalue weighted by Crippen LogP contribution is 2.39. The lowest BCUT2D eigenvalue weighted by Crippen LogP contribution is -2.45. The summed E-state index contributed by atoms with van der Waals surface area (Å²) in [4.78, 5) is 0. The molecule has 0 bridgehead atoms. The first-order valence-electron chi connectivity index (χ1n) is 6.14. The number of allylic oxidation sites excluding steroid dienone is 1. The van der Waals surface area contributed by atoms with Crippen LogP contribution in [0, 0.1) is 22.7 Å². The Morgan fingerprint density at radius 2 is 1.76 bits per heavy atom. The number of nitrogens with zero attached hydrogens (tertiary/aromatic N) is 2. The highest BCUT2D eigenvalue weighted by molar-refractivity contribution is 6.69. The zero-order valence-corrected chi connectivity index (χ0v) is 11.9. The fraction of sp³-hybridized carbons (Fsp3) is 0.692. The minimum Gasteiger partial charge on any atom is -0.407 e. The van der Waals surface area contributed by atoms with Gasteiger partial charge in [-0.15, -0.1) is 0 Å². The lowest BCUT2D eigenvalue weighted by Gasteiger charge is -2.41. The zero-order valence-electron chi connectivity index (χ0n) is 10.9. The molecular weight excluding hydrogens is 228 g/mol. The molecule has 0 aliphatic heterocycles. The molecule has 0 aromatic heterocycles. The smallest absolute Gasteiger partial charge is 0.185 e. The number of hydrogen-bond acceptors (Lipinski definition) is 3. The molecular formula is C13H20N2OSi. The van der Waals surface area contributed by atoms with Gasteiger partial charge in [-0.25, -0.2) is 0 Å². The molecule has 0 N–H and O–H groups in total. The van der Waals surface area contributed by atoms with Gasteiger partial charge in [0.25, 0.3) is 0 Å². The quantitative estimate of drug-likeness (QED) is 0.567. The maximum Gasteiger partial charge on any atom is 0.185 e. The van der Waals surface area contributed by atoms with E-state index in [-0.39, 0.29) is 0 Å². The van der Waals surface area contributed by atoms with Crippen molar-refractivity contribution in [2.75, 3.05) is 0 Å². The molecule has 0 spiro atoms. The fourth-order valence-corrected chi connectivity index (χ4v) is 3.95. The minimum atomic E-state index is -1.73. The summed E-state index contributed by atoms with van der Waals surface area (Å²) in [6.45, 7) is 6.39. The second-order valence-electron chi connectivity index (χ2n) is 5.57. The number of rotatable bonds is 3. The Labute approximate surface area is 105 Å². The van der Waals surface area contributed by atoms with Crippen LogP contribution in [0.5, 0.6) is 0 Å². The van der Waals surface area contributed by atoms with Crippen LogP contribution in [0.3, 0.4) is 0 Å². The van der Waals surface area contributed by atoms with Crippen molar-refractivity contribution in [2.45, 2.75) is 57.3 Å². The van der Waals surface area contributed by atoms with Crippen LogP contribution in [-0.4, -0.2) is 13.9 Å². The Morgan fingerprint density at radius 3 is 2.18 bits per heavy atom. The molecule has 92 valence electrons. The van der Waals surface area contributed by atoms with E-state index in [9.17, 15) is 5.26 Å². The molecule has 1 aliphatic carbocycles. The van der Waals surface area contributed by atoms with Gasteiger partial charge in [-0.1, -0.05) is 19.3 Å². The molecule has 0 radical (unpaired) electrons. The first kappa shape index (κ1) is 14.0. The molecule has 0 aromatic carbocycles. The van der Waals surface area contributed by atoms with Gasteiger partial charge >= 0.3 is 0 Å². The predicted molar refractivity (Wildman–Crippen MR) is 69.6 cm³/mol. The van der Waals surface area contributed by atoms with Crippen LogP contribution in [0.4, 0.5) is 0 Å². The van der Waals surface area contributed by atoms with Gasteiger partial charge in [0.1, 0.15) is 0 Å². The van der Waals surface area contributed by atoms with Gasteiger partial charge < -0.3 is 4.43 Å². The Hall–Kier alpha value is -1.10. The highest BCUT2D eigenvalue weighted by Gasteiger charge is 2.40. The van der Waals surface area contributed by atoms with E-state index in [0.29, 0.717) is 5.57 Å². The van der Waals surface area contributed by atoms with E-state index < -0.39 is 13.9 Å². The van der Waals surface area contributed by atoms with Crippen LogP contribution < -0.4 is 0 Å². The molecule has 0 atom stereocenters. The average molecular weight is 248 g/mol. The Bertz CT molecular complexity index is 376. The van der Waals surface area contributed by atoms with Crippen molar-refractivity contribution in [1.29, 1.82) is 10.5 Å². The number of hydrogen-bond donors (Lipinski definition) is 0. The van der Waals surface area contributed by atoms with E-state index in [4.69, 9.17) is 9.69 Å². The summed E-state index contributed by atoms with van der Waals surface area (Å²) in [5.41, 5.74) is 0.0369. The molecule has 1 aliphatic rings. The van der Waals surface area contributed by atoms with E-state index in [2.05, 4.69) is 25.7 Å². The maximum absolute atomic E-state index is 9.24. The summed E-state index contributed by atoms with van der Waals surface area (Å²) in [6, 6.07) is 4.15. The van der Waals surface area contributed by atoms with Crippen molar-refractivity contribution < 1.29 is 4.43 Å². The van der Waals surface area contributed by atoms with Crippen LogP contribution in [0.15, 0.2) is 11.6 Å². The van der Waals surface area contributed by atoms with Gasteiger partial charge in [0.15, 0.2) is 8.32 Å². The third kappa shape index (κ3) is 3.69. The topological polar surface area (TPSA) is 56.8 Å². The van der Waals surface area contributed by atoms with Crippen LogP contribution >= 0.6 is 0 Å². The minimum absolute atomic E-state index is 0.479. The largest absolute Gasteiger partial charge is 0.407 e. The maximum atomic E-state index is 9.24. The summed E-state index contributed by atoms with van der Waals surface area (Å²) < 4.78 is 6.27. The predicted octanol–water partition coefficient (Wildman–Crippen LogP) is 3.51. The second kappa shape index (κ2) is 5.49. The molecule has 1 fully saturated rings. The third-order valence-electron chi connectivity index (χ3n) is 2.98. The molecule has 1 rings (SSSR count). The average Bonchev–Trinajstić information content (AvgIpc) is 2.24. The van der Waals surface area contributed by atoms with Crippen molar-refractivity contribution in [3.05, 3.63) is 11.6 Å². The lowest BCUT2D eigenvalue weighted by molar-refractivity contribution is 0.0624. The van der Waals surface area contributed by atoms with E-state index >= 15 is 0 Å². The first-order valence-corrected chi connectivity index (χ1v) is 9.55. The summed E-state index contributed by atoms with van der Waals surface area (Å²) in [7, 11) is -1.73. The van der Waals surface area contributed by atoms with Crippen LogP contribution in [-0.2, 0) is 4.43 Å². The van der Waals surface area contributed by atoms with Crippen molar-refractivity contribution in [1.82, 2.24) is 0 Å². The molecule has 0 amide bonds. The molecule has 3 nitrogen and oxygen atoms in total. The second-order valence-corrected chi connectivity index (χ2v) is 10.00. The molecule has 0 saturated heterocycles. The fourth-order valence-electron chi connectivity index (χ4n) is 2.47. The molecule has 1 saturated carbocycles. The van der Waals surface area contributed by atoms with Gasteiger partial charge in [0.05, 0.1) is 23.3 Å². The monoisotopic (exact) mass is 248 g/mol. The summed E-state index contributed by atoms with van der Waals surface area (Å²) >= 11 is 0. The van der Waals surface area contributed by atoms with Crippen LogP contribution in [0.25, 0.3) is 0 Å². The zero-order chi connectivity index (χ0) is 12.9. The van der Waals surface area contributed by atoms with E-state index in [1.807, 2.05) is 6.07 Å². The SMILES string of the molecule is C[Si](C)(C)OC1(/C(C#N)=C\C#N)CCCCC1. The van der Waals surface area contributed by atoms with Gasteiger partial charge in [0, 0.05) is 6.08 Å². The Balaban J connectivity index is 3.06. The molecule has 0 aromatic rings. The summed E-state index contributed by atoms with van der Waals surface area (Å²) in [5.74, 6) is 0. The van der Waals surface area contributed by atoms with Gasteiger partial charge in [-0.2, -0.15) is 10.5 Å². The van der Waals surface area contributed by atoms with Crippen molar-refractivity contribution >= 4 is 8.32 Å². The summed E-state index contributed by atoms with van der Waals surface area (Å²) in [6.07, 6.45) is 6.47. The highest BCUT2D eigenvalue weighted by atomic mass is 28.4. The van der Waals surface area contributed by atoms with E-state index in [1.165, 1.54) is 12.5 Å². The molecule has 17 heavy (non-hydrogen) atoms. The Kier molecular flexibility index (Phi) is 4.51. The van der Waals surface area contributed by atoms with Crippen LogP contribution in [0.1, 0.15) is 32.1 Å². The third-order valence-corrected chi connectivity index (χ3v) is 3.99. The van der Waals surface area contributed by atoms with Gasteiger partial charge in [-0.05, 0) is 32.5 Å². The normalized spacial score (nSPS) is 20.4. The van der Waals surface area contributed by atoms with Crippen molar-refractivity contribution in [2.24, 2.45) is 0 Å². The van der Waals surface area contributed by atoms with E-state index in [0.717, 1.165) is 25.7 Å². The first-order chi connectivity index (χ1) is 7.93. The van der Waals surface area contributed by atoms with Gasteiger partial charge in [0.2, 0.25) is 0 Å². The standard InChI is InChI=1S/C13H20N2OSi/c1-17(2,3)16-13(8-5-4-6-9-13)12(11-15)7-10-14/h7H,4-6,8-9H2,1-3H3/b12-7-. The van der Waals surface area contributed by atoms with Gasteiger partial charge in [-0.3, -0.25) is 0 Å². The van der Waals surface area contributed by atoms with Crippen molar-refractivity contribution in [3.8, 4) is 12.1 Å². The summed E-state index contributed by atoms with van der Waals surface area (Å²) in [5, 5.41) is 18.0. The molecule has 0 heterocycles. The Morgan fingerprint density at radius 1 is 1.18 bits per heavy atom. The van der Waals surface area contributed by atoms with Crippen molar-refractivity contribution in [3.63, 3.8) is 0 Å². The van der Waals surface area contributed by atoms with Crippen LogP contribution in [0.2, 0.25) is 19.6 Å². The molecule has 4 heteroatoms. The lowest BCUT2D eigenvalue weighted by atomic mass is 9.79. The molecule has 0 unspecified atom stereocenters.